The number of rotatable bonds is 10. The number of hydrogen-bond donors (Lipinski definition) is 1. The minimum Gasteiger partial charge on any atom is -0.507 e. The van der Waals surface area contributed by atoms with Crippen LogP contribution in [0.4, 0.5) is 9.52 Å². The zero-order valence-electron chi connectivity index (χ0n) is 23.5. The number of benzene rings is 3. The number of unbranched alkanes of at least 4 members (excludes halogenated alkanes) is 1. The first-order chi connectivity index (χ1) is 20.3. The molecule has 3 aromatic carbocycles. The number of nitrogens with zero attached hydrogens (tertiary/aromatic N) is 3. The van der Waals surface area contributed by atoms with Crippen LogP contribution in [0.5, 0.6) is 5.75 Å². The van der Waals surface area contributed by atoms with E-state index in [1.165, 1.54) is 40.1 Å². The number of aromatic nitrogens is 2. The standard InChI is InChI=1S/C32H30FN3O4S2/c1-4-5-16-40-24-14-10-22(11-15-24)27-26(28(37)25-17-19(2)6-7-20(25)3)29(38)30(39)36(27)31-34-35-32(42-31)41-18-21-8-12-23(33)13-9-21/h6-15,17,27,37H,4-5,16,18H2,1-3H3. The van der Waals surface area contributed by atoms with Gasteiger partial charge in [0.15, 0.2) is 4.34 Å². The molecule has 1 saturated heterocycles. The first kappa shape index (κ1) is 29.5. The lowest BCUT2D eigenvalue weighted by Gasteiger charge is -2.23. The highest BCUT2D eigenvalue weighted by atomic mass is 32.2. The van der Waals surface area contributed by atoms with Crippen molar-refractivity contribution in [3.63, 3.8) is 0 Å². The average molecular weight is 604 g/mol. The van der Waals surface area contributed by atoms with E-state index in [1.54, 1.807) is 42.5 Å². The van der Waals surface area contributed by atoms with E-state index in [4.69, 9.17) is 4.74 Å². The number of carbonyl (C=O) groups is 2. The van der Waals surface area contributed by atoms with Crippen LogP contribution in [-0.2, 0) is 15.3 Å². The Balaban J connectivity index is 1.53. The number of aryl methyl sites for hydroxylation is 2. The Morgan fingerprint density at radius 2 is 1.79 bits per heavy atom. The average Bonchev–Trinajstić information content (AvgIpc) is 3.56. The van der Waals surface area contributed by atoms with E-state index in [0.29, 0.717) is 33.6 Å². The molecule has 5 rings (SSSR count). The second-order valence-corrected chi connectivity index (χ2v) is 12.2. The molecule has 42 heavy (non-hydrogen) atoms. The molecule has 0 spiro atoms. The summed E-state index contributed by atoms with van der Waals surface area (Å²) in [6, 6.07) is 18.1. The van der Waals surface area contributed by atoms with Crippen LogP contribution in [0.15, 0.2) is 76.6 Å². The Morgan fingerprint density at radius 1 is 1.05 bits per heavy atom. The molecule has 0 radical (unpaired) electrons. The summed E-state index contributed by atoms with van der Waals surface area (Å²) in [5.74, 6) is -0.921. The molecule has 10 heteroatoms. The van der Waals surface area contributed by atoms with Crippen LogP contribution in [0, 0.1) is 19.7 Å². The quantitative estimate of drug-likeness (QED) is 0.0505. The van der Waals surface area contributed by atoms with Gasteiger partial charge in [0.05, 0.1) is 18.2 Å². The first-order valence-corrected chi connectivity index (χ1v) is 15.4. The maximum absolute atomic E-state index is 13.6. The topological polar surface area (TPSA) is 92.6 Å². The number of aliphatic hydroxyl groups is 1. The van der Waals surface area contributed by atoms with Crippen molar-refractivity contribution < 1.29 is 23.8 Å². The molecule has 7 nitrogen and oxygen atoms in total. The van der Waals surface area contributed by atoms with Crippen LogP contribution in [0.25, 0.3) is 5.76 Å². The molecular weight excluding hydrogens is 574 g/mol. The fourth-order valence-corrected chi connectivity index (χ4v) is 6.47. The molecule has 0 aliphatic carbocycles. The van der Waals surface area contributed by atoms with Crippen molar-refractivity contribution in [1.82, 2.24) is 10.2 Å². The third kappa shape index (κ3) is 6.24. The van der Waals surface area contributed by atoms with E-state index in [0.717, 1.165) is 29.5 Å². The third-order valence-electron chi connectivity index (χ3n) is 6.93. The second-order valence-electron chi connectivity index (χ2n) is 10.0. The fourth-order valence-electron chi connectivity index (χ4n) is 4.65. The van der Waals surface area contributed by atoms with Crippen LogP contribution in [-0.4, -0.2) is 33.6 Å². The number of aliphatic hydroxyl groups excluding tert-OH is 1. The highest BCUT2D eigenvalue weighted by Gasteiger charge is 2.48. The van der Waals surface area contributed by atoms with Crippen LogP contribution < -0.4 is 9.64 Å². The molecule has 1 unspecified atom stereocenters. The van der Waals surface area contributed by atoms with Gasteiger partial charge in [0.2, 0.25) is 5.13 Å². The lowest BCUT2D eigenvalue weighted by Crippen LogP contribution is -2.29. The Hall–Kier alpha value is -4.02. The lowest BCUT2D eigenvalue weighted by molar-refractivity contribution is -0.132. The number of hydrogen-bond acceptors (Lipinski definition) is 8. The number of carbonyl (C=O) groups excluding carboxylic acids is 2. The number of thioether (sulfide) groups is 1. The molecule has 0 bridgehead atoms. The maximum atomic E-state index is 13.6. The largest absolute Gasteiger partial charge is 0.507 e. The molecule has 0 saturated carbocycles. The van der Waals surface area contributed by atoms with Crippen molar-refractivity contribution in [2.45, 2.75) is 49.7 Å². The highest BCUT2D eigenvalue weighted by molar-refractivity contribution is 8.00. The molecular formula is C32H30FN3O4S2. The summed E-state index contributed by atoms with van der Waals surface area (Å²) in [6.07, 6.45) is 1.94. The fraction of sp³-hybridized carbons (Fsp3) is 0.250. The minimum atomic E-state index is -0.919. The summed E-state index contributed by atoms with van der Waals surface area (Å²) >= 11 is 2.58. The summed E-state index contributed by atoms with van der Waals surface area (Å²) in [7, 11) is 0. The van der Waals surface area contributed by atoms with Gasteiger partial charge in [0, 0.05) is 11.3 Å². The van der Waals surface area contributed by atoms with E-state index in [1.807, 2.05) is 26.0 Å². The highest BCUT2D eigenvalue weighted by Crippen LogP contribution is 2.44. The molecule has 1 aromatic heterocycles. The van der Waals surface area contributed by atoms with Crippen molar-refractivity contribution in [2.75, 3.05) is 11.5 Å². The van der Waals surface area contributed by atoms with Crippen LogP contribution >= 0.6 is 23.1 Å². The molecule has 4 aromatic rings. The lowest BCUT2D eigenvalue weighted by atomic mass is 9.93. The minimum absolute atomic E-state index is 0.0101. The first-order valence-electron chi connectivity index (χ1n) is 13.6. The Morgan fingerprint density at radius 3 is 2.50 bits per heavy atom. The maximum Gasteiger partial charge on any atom is 0.301 e. The molecule has 1 aliphatic heterocycles. The van der Waals surface area contributed by atoms with Gasteiger partial charge in [-0.15, -0.1) is 10.2 Å². The van der Waals surface area contributed by atoms with Gasteiger partial charge < -0.3 is 9.84 Å². The van der Waals surface area contributed by atoms with Crippen LogP contribution in [0.1, 0.15) is 53.6 Å². The van der Waals surface area contributed by atoms with Gasteiger partial charge in [-0.2, -0.15) is 0 Å². The van der Waals surface area contributed by atoms with Crippen LogP contribution in [0.3, 0.4) is 0 Å². The number of amides is 1. The normalized spacial score (nSPS) is 16.3. The number of Topliss-reactive ketones (excluding diaryl/α,β-unsaturated/α-hetero) is 1. The summed E-state index contributed by atoms with van der Waals surface area (Å²) in [6.45, 7) is 6.42. The Bertz CT molecular complexity index is 1630. The monoisotopic (exact) mass is 603 g/mol. The predicted molar refractivity (Wildman–Crippen MR) is 163 cm³/mol. The molecule has 1 atom stereocenters. The Labute approximate surface area is 252 Å². The van der Waals surface area contributed by atoms with Crippen molar-refractivity contribution in [3.8, 4) is 5.75 Å². The van der Waals surface area contributed by atoms with Gasteiger partial charge in [-0.1, -0.05) is 78.4 Å². The number of anilines is 1. The summed E-state index contributed by atoms with van der Waals surface area (Å²) < 4.78 is 19.7. The summed E-state index contributed by atoms with van der Waals surface area (Å²) in [5.41, 5.74) is 3.70. The van der Waals surface area contributed by atoms with Crippen molar-refractivity contribution in [2.24, 2.45) is 0 Å². The zero-order valence-corrected chi connectivity index (χ0v) is 25.1. The van der Waals surface area contributed by atoms with Gasteiger partial charge in [-0.3, -0.25) is 14.5 Å². The number of ketones is 1. The van der Waals surface area contributed by atoms with Crippen LogP contribution in [0.2, 0.25) is 0 Å². The zero-order chi connectivity index (χ0) is 29.8. The van der Waals surface area contributed by atoms with E-state index < -0.39 is 17.7 Å². The van der Waals surface area contributed by atoms with Gasteiger partial charge in [-0.05, 0) is 67.3 Å². The molecule has 2 heterocycles. The smallest absolute Gasteiger partial charge is 0.301 e. The van der Waals surface area contributed by atoms with Crippen molar-refractivity contribution in [3.05, 3.63) is 106 Å². The van der Waals surface area contributed by atoms with E-state index in [9.17, 15) is 19.1 Å². The molecule has 1 amide bonds. The molecule has 1 aliphatic rings. The number of halogens is 1. The summed E-state index contributed by atoms with van der Waals surface area (Å²) in [5, 5.41) is 20.3. The van der Waals surface area contributed by atoms with Gasteiger partial charge in [0.1, 0.15) is 17.3 Å². The van der Waals surface area contributed by atoms with Gasteiger partial charge >= 0.3 is 5.91 Å². The molecule has 1 fully saturated rings. The SMILES string of the molecule is CCCCOc1ccc(C2C(=C(O)c3cc(C)ccc3C)C(=O)C(=O)N2c2nnc(SCc3ccc(F)cc3)s2)cc1. The molecule has 1 N–H and O–H groups in total. The van der Waals surface area contributed by atoms with E-state index in [-0.39, 0.29) is 22.3 Å². The van der Waals surface area contributed by atoms with Gasteiger partial charge in [-0.25, -0.2) is 4.39 Å². The second kappa shape index (κ2) is 12.9. The molecule has 216 valence electrons. The Kier molecular flexibility index (Phi) is 9.03. The van der Waals surface area contributed by atoms with E-state index >= 15 is 0 Å². The predicted octanol–water partition coefficient (Wildman–Crippen LogP) is 7.39. The van der Waals surface area contributed by atoms with E-state index in [2.05, 4.69) is 17.1 Å². The number of ether oxygens (including phenoxy) is 1. The van der Waals surface area contributed by atoms with Crippen molar-refractivity contribution >= 4 is 45.7 Å². The summed E-state index contributed by atoms with van der Waals surface area (Å²) in [4.78, 5) is 28.4. The third-order valence-corrected chi connectivity index (χ3v) is 9.06. The van der Waals surface area contributed by atoms with Crippen molar-refractivity contribution in [1.29, 1.82) is 0 Å². The van der Waals surface area contributed by atoms with Gasteiger partial charge in [0.25, 0.3) is 5.78 Å².